The molecule has 0 aromatic rings. The summed E-state index contributed by atoms with van der Waals surface area (Å²) < 4.78 is 5.45. The molecule has 0 aromatic carbocycles. The minimum Gasteiger partial charge on any atom is -0.396 e. The molecule has 0 aliphatic carbocycles. The van der Waals surface area contributed by atoms with Crippen LogP contribution in [-0.4, -0.2) is 41.0 Å². The molecule has 0 aliphatic rings. The van der Waals surface area contributed by atoms with Gasteiger partial charge in [0, 0.05) is 24.0 Å². The Bertz CT molecular complexity index is 193. The summed E-state index contributed by atoms with van der Waals surface area (Å²) in [6.07, 6.45) is 1.56. The first kappa shape index (κ1) is 21.5. The SMILES string of the molecule is CC(CO)C(C)(C)N.CCSC(C)CCOC(C)C. The van der Waals surface area contributed by atoms with Crippen molar-refractivity contribution in [3.05, 3.63) is 0 Å². The van der Waals surface area contributed by atoms with Crippen LogP contribution in [0.3, 0.4) is 0 Å². The molecule has 0 saturated heterocycles. The lowest BCUT2D eigenvalue weighted by Gasteiger charge is -2.24. The largest absolute Gasteiger partial charge is 0.396 e. The van der Waals surface area contributed by atoms with Crippen LogP contribution in [0.5, 0.6) is 0 Å². The van der Waals surface area contributed by atoms with Gasteiger partial charge in [0.2, 0.25) is 0 Å². The molecule has 0 radical (unpaired) electrons. The van der Waals surface area contributed by atoms with Crippen LogP contribution in [-0.2, 0) is 4.74 Å². The summed E-state index contributed by atoms with van der Waals surface area (Å²) in [5.41, 5.74) is 5.39. The summed E-state index contributed by atoms with van der Waals surface area (Å²) >= 11 is 2.00. The smallest absolute Gasteiger partial charge is 0.0518 e. The number of hydrogen-bond acceptors (Lipinski definition) is 4. The van der Waals surface area contributed by atoms with Crippen LogP contribution >= 0.6 is 11.8 Å². The zero-order chi connectivity index (χ0) is 15.5. The van der Waals surface area contributed by atoms with Crippen LogP contribution in [0.15, 0.2) is 0 Å². The van der Waals surface area contributed by atoms with Crippen molar-refractivity contribution in [2.75, 3.05) is 19.0 Å². The molecule has 3 N–H and O–H groups in total. The molecule has 0 spiro atoms. The van der Waals surface area contributed by atoms with Crippen LogP contribution in [0.4, 0.5) is 0 Å². The summed E-state index contributed by atoms with van der Waals surface area (Å²) in [5, 5.41) is 9.34. The van der Waals surface area contributed by atoms with Gasteiger partial charge in [0.05, 0.1) is 6.10 Å². The van der Waals surface area contributed by atoms with E-state index in [1.807, 2.05) is 32.5 Å². The van der Waals surface area contributed by atoms with Gasteiger partial charge < -0.3 is 15.6 Å². The lowest BCUT2D eigenvalue weighted by Crippen LogP contribution is -2.40. The van der Waals surface area contributed by atoms with E-state index in [1.165, 1.54) is 12.2 Å². The van der Waals surface area contributed by atoms with Gasteiger partial charge in [-0.25, -0.2) is 0 Å². The summed E-state index contributed by atoms with van der Waals surface area (Å²) in [7, 11) is 0. The Morgan fingerprint density at radius 1 is 1.21 bits per heavy atom. The monoisotopic (exact) mass is 293 g/mol. The zero-order valence-corrected chi connectivity index (χ0v) is 14.7. The van der Waals surface area contributed by atoms with Gasteiger partial charge in [-0.1, -0.05) is 20.8 Å². The lowest BCUT2D eigenvalue weighted by atomic mass is 9.91. The first-order valence-electron chi connectivity index (χ1n) is 7.28. The molecule has 0 fully saturated rings. The second-order valence-corrected chi connectivity index (χ2v) is 7.59. The van der Waals surface area contributed by atoms with E-state index < -0.39 is 0 Å². The number of aliphatic hydroxyl groups excluding tert-OH is 1. The molecule has 0 rings (SSSR count). The maximum atomic E-state index is 8.59. The lowest BCUT2D eigenvalue weighted by molar-refractivity contribution is 0.0774. The van der Waals surface area contributed by atoms with Crippen molar-refractivity contribution >= 4 is 11.8 Å². The van der Waals surface area contributed by atoms with Crippen LogP contribution in [0.2, 0.25) is 0 Å². The maximum absolute atomic E-state index is 8.59. The molecule has 0 aliphatic heterocycles. The summed E-state index contributed by atoms with van der Waals surface area (Å²) in [6.45, 7) is 15.5. The van der Waals surface area contributed by atoms with Gasteiger partial charge in [0.25, 0.3) is 0 Å². The average molecular weight is 294 g/mol. The minimum absolute atomic E-state index is 0.170. The molecule has 3 nitrogen and oxygen atoms in total. The fourth-order valence-corrected chi connectivity index (χ4v) is 1.90. The second-order valence-electron chi connectivity index (χ2n) is 5.88. The molecule has 0 bridgehead atoms. The van der Waals surface area contributed by atoms with E-state index in [2.05, 4.69) is 27.7 Å². The number of ether oxygens (including phenoxy) is 1. The Kier molecular flexibility index (Phi) is 13.6. The van der Waals surface area contributed by atoms with Gasteiger partial charge in [-0.15, -0.1) is 0 Å². The maximum Gasteiger partial charge on any atom is 0.0518 e. The molecule has 0 saturated carbocycles. The number of thioether (sulfide) groups is 1. The van der Waals surface area contributed by atoms with Crippen molar-refractivity contribution in [3.8, 4) is 0 Å². The third-order valence-corrected chi connectivity index (χ3v) is 4.11. The van der Waals surface area contributed by atoms with E-state index in [-0.39, 0.29) is 18.1 Å². The average Bonchev–Trinajstić information content (AvgIpc) is 2.27. The Labute approximate surface area is 124 Å². The van der Waals surface area contributed by atoms with E-state index in [0.717, 1.165) is 11.9 Å². The van der Waals surface area contributed by atoms with E-state index in [1.54, 1.807) is 0 Å². The van der Waals surface area contributed by atoms with Crippen molar-refractivity contribution in [2.24, 2.45) is 11.7 Å². The molecular weight excluding hydrogens is 258 g/mol. The van der Waals surface area contributed by atoms with Gasteiger partial charge in [-0.2, -0.15) is 11.8 Å². The summed E-state index contributed by atoms with van der Waals surface area (Å²) in [6, 6.07) is 0. The Morgan fingerprint density at radius 3 is 2.00 bits per heavy atom. The van der Waals surface area contributed by atoms with Crippen molar-refractivity contribution in [3.63, 3.8) is 0 Å². The Balaban J connectivity index is 0. The number of rotatable bonds is 8. The minimum atomic E-state index is -0.241. The van der Waals surface area contributed by atoms with Gasteiger partial charge in [0.15, 0.2) is 0 Å². The molecule has 2 atom stereocenters. The Morgan fingerprint density at radius 2 is 1.74 bits per heavy atom. The fraction of sp³-hybridized carbons (Fsp3) is 1.00. The molecule has 118 valence electrons. The van der Waals surface area contributed by atoms with Crippen molar-refractivity contribution in [1.82, 2.24) is 0 Å². The van der Waals surface area contributed by atoms with Gasteiger partial charge in [-0.3, -0.25) is 0 Å². The first-order valence-corrected chi connectivity index (χ1v) is 8.32. The van der Waals surface area contributed by atoms with Crippen LogP contribution < -0.4 is 5.73 Å². The Hall–Kier alpha value is 0.230. The van der Waals surface area contributed by atoms with Crippen LogP contribution in [0, 0.1) is 5.92 Å². The molecule has 0 heterocycles. The van der Waals surface area contributed by atoms with E-state index in [9.17, 15) is 0 Å². The van der Waals surface area contributed by atoms with Crippen LogP contribution in [0.1, 0.15) is 54.9 Å². The van der Waals surface area contributed by atoms with E-state index in [0.29, 0.717) is 6.10 Å². The zero-order valence-electron chi connectivity index (χ0n) is 13.9. The predicted molar refractivity (Wildman–Crippen MR) is 87.8 cm³/mol. The predicted octanol–water partition coefficient (Wildman–Crippen LogP) is 3.30. The van der Waals surface area contributed by atoms with Crippen molar-refractivity contribution < 1.29 is 9.84 Å². The number of nitrogens with two attached hydrogens (primary N) is 1. The highest BCUT2D eigenvalue weighted by molar-refractivity contribution is 7.99. The van der Waals surface area contributed by atoms with Crippen molar-refractivity contribution in [2.45, 2.75) is 71.8 Å². The number of aliphatic hydroxyl groups is 1. The molecule has 0 amide bonds. The molecule has 2 unspecified atom stereocenters. The summed E-state index contributed by atoms with van der Waals surface area (Å²) in [4.78, 5) is 0. The molecule has 19 heavy (non-hydrogen) atoms. The third-order valence-electron chi connectivity index (χ3n) is 2.97. The van der Waals surface area contributed by atoms with Gasteiger partial charge in [0.1, 0.15) is 0 Å². The van der Waals surface area contributed by atoms with E-state index >= 15 is 0 Å². The third kappa shape index (κ3) is 16.2. The van der Waals surface area contributed by atoms with E-state index in [4.69, 9.17) is 15.6 Å². The second kappa shape index (κ2) is 12.0. The fourth-order valence-electron chi connectivity index (χ4n) is 1.07. The standard InChI is InChI=1S/C9H20OS.C6H15NO/c1-5-11-9(4)6-7-10-8(2)3;1-5(4-8)6(2,3)7/h8-9H,5-7H2,1-4H3;5,8H,4,7H2,1-3H3. The van der Waals surface area contributed by atoms with Gasteiger partial charge in [-0.05, 0) is 45.8 Å². The molecular formula is C15H35NO2S. The number of hydrogen-bond donors (Lipinski definition) is 2. The molecule has 4 heteroatoms. The highest BCUT2D eigenvalue weighted by Gasteiger charge is 2.18. The highest BCUT2D eigenvalue weighted by Crippen LogP contribution is 2.13. The van der Waals surface area contributed by atoms with Crippen molar-refractivity contribution in [1.29, 1.82) is 0 Å². The van der Waals surface area contributed by atoms with Crippen LogP contribution in [0.25, 0.3) is 0 Å². The first-order chi connectivity index (χ1) is 8.65. The topological polar surface area (TPSA) is 55.5 Å². The highest BCUT2D eigenvalue weighted by atomic mass is 32.2. The normalized spacial score (nSPS) is 14.8. The molecule has 0 aromatic heterocycles. The summed E-state index contributed by atoms with van der Waals surface area (Å²) in [5.74, 6) is 1.39. The van der Waals surface area contributed by atoms with Gasteiger partial charge >= 0.3 is 0 Å². The quantitative estimate of drug-likeness (QED) is 0.721.